The molecule has 1 saturated heterocycles. The van der Waals surface area contributed by atoms with Gasteiger partial charge in [0.2, 0.25) is 0 Å². The number of aryl methyl sites for hydroxylation is 1. The van der Waals surface area contributed by atoms with E-state index in [9.17, 15) is 26.7 Å². The molecule has 2 fully saturated rings. The number of nitrogens with zero attached hydrogens (tertiary/aromatic N) is 5. The maximum Gasteiger partial charge on any atom is 0.418 e. The molecule has 4 heterocycles. The quantitative estimate of drug-likeness (QED) is 0.331. The van der Waals surface area contributed by atoms with Crippen LogP contribution in [0, 0.1) is 5.92 Å². The molecule has 40 heavy (non-hydrogen) atoms. The van der Waals surface area contributed by atoms with Crippen LogP contribution >= 0.6 is 0 Å². The predicted molar refractivity (Wildman–Crippen MR) is 139 cm³/mol. The van der Waals surface area contributed by atoms with Gasteiger partial charge in [0.15, 0.2) is 0 Å². The van der Waals surface area contributed by atoms with Gasteiger partial charge in [-0.25, -0.2) is 8.78 Å². The third-order valence-electron chi connectivity index (χ3n) is 8.59. The number of alkyl halides is 5. The van der Waals surface area contributed by atoms with Gasteiger partial charge in [0.1, 0.15) is 17.7 Å². The number of rotatable bonds is 5. The van der Waals surface area contributed by atoms with Gasteiger partial charge in [0, 0.05) is 62.0 Å². The van der Waals surface area contributed by atoms with Crippen molar-refractivity contribution >= 4 is 10.9 Å². The third-order valence-corrected chi connectivity index (χ3v) is 8.59. The van der Waals surface area contributed by atoms with Crippen LogP contribution in [0.25, 0.3) is 16.6 Å². The molecule has 0 unspecified atom stereocenters. The van der Waals surface area contributed by atoms with E-state index in [-0.39, 0.29) is 37.0 Å². The molecule has 1 saturated carbocycles. The minimum atomic E-state index is -4.72. The molecule has 1 aliphatic carbocycles. The van der Waals surface area contributed by atoms with Crippen molar-refractivity contribution in [1.29, 1.82) is 0 Å². The third kappa shape index (κ3) is 4.32. The zero-order chi connectivity index (χ0) is 28.4. The van der Waals surface area contributed by atoms with Crippen LogP contribution in [-0.2, 0) is 25.2 Å². The molecule has 0 bridgehead atoms. The number of aromatic amines is 1. The highest BCUT2D eigenvalue weighted by molar-refractivity contribution is 5.84. The molecule has 1 atom stereocenters. The van der Waals surface area contributed by atoms with Crippen LogP contribution in [0.5, 0.6) is 0 Å². The lowest BCUT2D eigenvalue weighted by Gasteiger charge is -2.41. The maximum absolute atomic E-state index is 14.3. The highest BCUT2D eigenvalue weighted by Gasteiger charge is 2.44. The van der Waals surface area contributed by atoms with Gasteiger partial charge in [-0.3, -0.25) is 14.3 Å². The topological polar surface area (TPSA) is 71.7 Å². The Morgan fingerprint density at radius 3 is 2.55 bits per heavy atom. The molecule has 212 valence electrons. The van der Waals surface area contributed by atoms with Crippen LogP contribution in [0.3, 0.4) is 0 Å². The first-order valence-electron chi connectivity index (χ1n) is 13.3. The molecule has 4 aromatic rings. The smallest absolute Gasteiger partial charge is 0.353 e. The molecular formula is C28H29F5N6O. The first-order chi connectivity index (χ1) is 18.9. The molecule has 0 spiro atoms. The SMILES string of the molecule is C[C@@H]1CN(Cc2cc3c(C(F)(F)F)cn(-c4cccc(C5(c6nncn6C)CCC5)c4)c(=O)c3[nH]2)CCC1(F)F. The number of piperidine rings is 1. The highest BCUT2D eigenvalue weighted by atomic mass is 19.4. The summed E-state index contributed by atoms with van der Waals surface area (Å²) in [6.45, 7) is 1.83. The number of hydrogen-bond donors (Lipinski definition) is 1. The first kappa shape index (κ1) is 26.7. The van der Waals surface area contributed by atoms with Gasteiger partial charge >= 0.3 is 6.18 Å². The van der Waals surface area contributed by atoms with Crippen LogP contribution in [0.4, 0.5) is 22.0 Å². The molecule has 0 radical (unpaired) electrons. The lowest BCUT2D eigenvalue weighted by atomic mass is 9.63. The van der Waals surface area contributed by atoms with E-state index in [1.165, 1.54) is 13.0 Å². The molecule has 1 aliphatic heterocycles. The number of fused-ring (bicyclic) bond motifs is 1. The summed E-state index contributed by atoms with van der Waals surface area (Å²) >= 11 is 0. The monoisotopic (exact) mass is 560 g/mol. The van der Waals surface area contributed by atoms with Gasteiger partial charge in [-0.2, -0.15) is 13.2 Å². The predicted octanol–water partition coefficient (Wildman–Crippen LogP) is 5.41. The molecule has 12 heteroatoms. The zero-order valence-corrected chi connectivity index (χ0v) is 22.1. The second kappa shape index (κ2) is 9.25. The van der Waals surface area contributed by atoms with Crippen molar-refractivity contribution in [3.05, 3.63) is 75.9 Å². The van der Waals surface area contributed by atoms with Crippen LogP contribution in [-0.4, -0.2) is 48.2 Å². The molecule has 3 aromatic heterocycles. The number of H-pyrrole nitrogens is 1. The summed E-state index contributed by atoms with van der Waals surface area (Å²) in [5.74, 6) is -2.87. The van der Waals surface area contributed by atoms with Crippen molar-refractivity contribution in [1.82, 2.24) is 29.2 Å². The second-order valence-electron chi connectivity index (χ2n) is 11.2. The summed E-state index contributed by atoms with van der Waals surface area (Å²) in [6.07, 6.45) is 0.0196. The van der Waals surface area contributed by atoms with Crippen LogP contribution in [0.15, 0.2) is 47.7 Å². The van der Waals surface area contributed by atoms with Crippen molar-refractivity contribution in [3.63, 3.8) is 0 Å². The van der Waals surface area contributed by atoms with Crippen molar-refractivity contribution in [2.75, 3.05) is 13.1 Å². The van der Waals surface area contributed by atoms with Gasteiger partial charge in [0.05, 0.1) is 11.0 Å². The fourth-order valence-corrected chi connectivity index (χ4v) is 6.16. The first-order valence-corrected chi connectivity index (χ1v) is 13.3. The van der Waals surface area contributed by atoms with Gasteiger partial charge in [-0.1, -0.05) is 25.5 Å². The number of halogens is 5. The number of hydrogen-bond acceptors (Lipinski definition) is 4. The average molecular weight is 561 g/mol. The van der Waals surface area contributed by atoms with E-state index in [4.69, 9.17) is 0 Å². The summed E-state index contributed by atoms with van der Waals surface area (Å²) in [7, 11) is 1.85. The normalized spacial score (nSPS) is 21.0. The average Bonchev–Trinajstić information content (AvgIpc) is 3.48. The molecule has 1 aromatic carbocycles. The number of aromatic nitrogens is 5. The Balaban J connectivity index is 1.42. The van der Waals surface area contributed by atoms with Gasteiger partial charge in [-0.15, -0.1) is 10.2 Å². The zero-order valence-electron chi connectivity index (χ0n) is 22.1. The standard InChI is InChI=1S/C28H29F5N6O/c1-17-13-38(10-9-27(17,29)30)14-19-12-21-22(28(31,32)33)15-39(24(40)23(21)35-19)20-6-3-5-18(11-20)26(7-4-8-26)25-36-34-16-37(25)2/h3,5-6,11-12,15-17,35H,4,7-10,13-14H2,1-2H3/t17-/m1/s1. The summed E-state index contributed by atoms with van der Waals surface area (Å²) < 4.78 is 73.6. The van der Waals surface area contributed by atoms with Gasteiger partial charge in [0.25, 0.3) is 11.5 Å². The Bertz CT molecular complexity index is 1630. The van der Waals surface area contributed by atoms with E-state index in [1.54, 1.807) is 29.4 Å². The Kier molecular flexibility index (Phi) is 6.17. The minimum absolute atomic E-state index is 0.110. The fraction of sp³-hybridized carbons (Fsp3) is 0.464. The summed E-state index contributed by atoms with van der Waals surface area (Å²) in [5.41, 5.74) is -0.618. The van der Waals surface area contributed by atoms with Gasteiger partial charge < -0.3 is 9.55 Å². The fourth-order valence-electron chi connectivity index (χ4n) is 6.16. The summed E-state index contributed by atoms with van der Waals surface area (Å²) in [4.78, 5) is 18.3. The Morgan fingerprint density at radius 2 is 1.93 bits per heavy atom. The van der Waals surface area contributed by atoms with Crippen molar-refractivity contribution in [2.24, 2.45) is 13.0 Å². The van der Waals surface area contributed by atoms with Crippen LogP contribution in [0.2, 0.25) is 0 Å². The number of benzene rings is 1. The van der Waals surface area contributed by atoms with E-state index in [0.717, 1.165) is 41.4 Å². The van der Waals surface area contributed by atoms with E-state index >= 15 is 0 Å². The lowest BCUT2D eigenvalue weighted by molar-refractivity contribution is -0.136. The number of pyridine rings is 1. The van der Waals surface area contributed by atoms with E-state index < -0.39 is 34.6 Å². The Hall–Kier alpha value is -3.54. The second-order valence-corrected chi connectivity index (χ2v) is 11.2. The van der Waals surface area contributed by atoms with Crippen LogP contribution < -0.4 is 5.56 Å². The van der Waals surface area contributed by atoms with Crippen LogP contribution in [0.1, 0.15) is 55.3 Å². The molecule has 7 nitrogen and oxygen atoms in total. The van der Waals surface area contributed by atoms with Crippen molar-refractivity contribution < 1.29 is 22.0 Å². The minimum Gasteiger partial charge on any atom is -0.353 e. The molecule has 0 amide bonds. The molecule has 6 rings (SSSR count). The van der Waals surface area contributed by atoms with Crippen molar-refractivity contribution in [3.8, 4) is 5.69 Å². The largest absolute Gasteiger partial charge is 0.418 e. The maximum atomic E-state index is 14.3. The number of likely N-dealkylation sites (tertiary alicyclic amines) is 1. The number of nitrogens with one attached hydrogen (secondary N) is 1. The molecular weight excluding hydrogens is 531 g/mol. The lowest BCUT2D eigenvalue weighted by Crippen LogP contribution is -2.45. The van der Waals surface area contributed by atoms with E-state index in [1.807, 2.05) is 17.7 Å². The van der Waals surface area contributed by atoms with E-state index in [0.29, 0.717) is 11.4 Å². The molecule has 2 aliphatic rings. The Labute approximate surface area is 226 Å². The summed E-state index contributed by atoms with van der Waals surface area (Å²) in [6, 6.07) is 8.31. The Morgan fingerprint density at radius 1 is 1.15 bits per heavy atom. The van der Waals surface area contributed by atoms with Gasteiger partial charge in [-0.05, 0) is 36.6 Å². The van der Waals surface area contributed by atoms with E-state index in [2.05, 4.69) is 15.2 Å². The highest BCUT2D eigenvalue weighted by Crippen LogP contribution is 2.48. The molecule has 1 N–H and O–H groups in total. The van der Waals surface area contributed by atoms with Crippen molar-refractivity contribution in [2.45, 2.75) is 56.7 Å². The summed E-state index contributed by atoms with van der Waals surface area (Å²) in [5, 5.41) is 8.08.